The highest BCUT2D eigenvalue weighted by atomic mass is 16.5. The Morgan fingerprint density at radius 3 is 2.52 bits per heavy atom. The van der Waals surface area contributed by atoms with Gasteiger partial charge in [-0.15, -0.1) is 0 Å². The molecule has 168 valence electrons. The van der Waals surface area contributed by atoms with Crippen molar-refractivity contribution in [1.29, 1.82) is 0 Å². The molecule has 0 bridgehead atoms. The molecular weight excluding hydrogens is 384 g/mol. The van der Waals surface area contributed by atoms with Crippen molar-refractivity contribution in [1.82, 2.24) is 4.90 Å². The Hall–Kier alpha value is -2.04. The van der Waals surface area contributed by atoms with Gasteiger partial charge in [0.25, 0.3) is 0 Å². The zero-order valence-electron chi connectivity index (χ0n) is 19.2. The van der Waals surface area contributed by atoms with Crippen LogP contribution in [0.3, 0.4) is 0 Å². The molecule has 2 atom stereocenters. The number of hydrogen-bond donors (Lipinski definition) is 0. The number of para-hydroxylation sites is 2. The van der Waals surface area contributed by atoms with E-state index in [1.807, 2.05) is 0 Å². The standard InChI is InChI=1S/C27H38N2O2/c1-22(2)11-10-18-30-20-24(28-16-8-9-17-28)19-29-25-14-6-7-15-27(25)31-21-26(29)23-12-4-3-5-13-23/h3-7,12-15,22,24,26H,8-11,16-21H2,1-2H3. The fourth-order valence-electron chi connectivity index (χ4n) is 4.84. The Balaban J connectivity index is 1.51. The van der Waals surface area contributed by atoms with E-state index in [9.17, 15) is 0 Å². The van der Waals surface area contributed by atoms with Crippen molar-refractivity contribution in [2.75, 3.05) is 44.4 Å². The monoisotopic (exact) mass is 422 g/mol. The van der Waals surface area contributed by atoms with Gasteiger partial charge in [0.15, 0.2) is 0 Å². The molecule has 4 rings (SSSR count). The van der Waals surface area contributed by atoms with Crippen LogP contribution >= 0.6 is 0 Å². The lowest BCUT2D eigenvalue weighted by atomic mass is 10.0. The first-order chi connectivity index (χ1) is 15.2. The Morgan fingerprint density at radius 1 is 1.00 bits per heavy atom. The third-order valence-corrected chi connectivity index (χ3v) is 6.58. The summed E-state index contributed by atoms with van der Waals surface area (Å²) in [7, 11) is 0. The first kappa shape index (κ1) is 22.2. The van der Waals surface area contributed by atoms with E-state index >= 15 is 0 Å². The third kappa shape index (κ3) is 5.81. The number of ether oxygens (including phenoxy) is 2. The average Bonchev–Trinajstić information content (AvgIpc) is 3.33. The maximum Gasteiger partial charge on any atom is 0.142 e. The van der Waals surface area contributed by atoms with E-state index in [0.717, 1.165) is 37.8 Å². The minimum Gasteiger partial charge on any atom is -0.489 e. The van der Waals surface area contributed by atoms with Crippen LogP contribution in [-0.2, 0) is 4.74 Å². The Morgan fingerprint density at radius 2 is 1.74 bits per heavy atom. The quantitative estimate of drug-likeness (QED) is 0.469. The molecule has 2 unspecified atom stereocenters. The minimum atomic E-state index is 0.224. The molecule has 0 N–H and O–H groups in total. The Kier molecular flexibility index (Phi) is 7.87. The molecular formula is C27H38N2O2. The number of benzene rings is 2. The second-order valence-corrected chi connectivity index (χ2v) is 9.37. The second-order valence-electron chi connectivity index (χ2n) is 9.37. The SMILES string of the molecule is CC(C)CCCOCC(CN1c2ccccc2OCC1c1ccccc1)N1CCCC1. The van der Waals surface area contributed by atoms with E-state index in [1.165, 1.54) is 43.6 Å². The zero-order chi connectivity index (χ0) is 21.5. The molecule has 4 heteroatoms. The zero-order valence-corrected chi connectivity index (χ0v) is 19.2. The summed E-state index contributed by atoms with van der Waals surface area (Å²) in [4.78, 5) is 5.21. The van der Waals surface area contributed by atoms with Crippen LogP contribution in [0.4, 0.5) is 5.69 Å². The molecule has 0 aromatic heterocycles. The average molecular weight is 423 g/mol. The minimum absolute atomic E-state index is 0.224. The van der Waals surface area contributed by atoms with Crippen LogP contribution in [0.2, 0.25) is 0 Å². The van der Waals surface area contributed by atoms with E-state index in [1.54, 1.807) is 0 Å². The molecule has 0 aliphatic carbocycles. The summed E-state index contributed by atoms with van der Waals surface area (Å²) in [5.41, 5.74) is 2.52. The van der Waals surface area contributed by atoms with Gasteiger partial charge in [-0.05, 0) is 62.4 Å². The van der Waals surface area contributed by atoms with Crippen molar-refractivity contribution in [3.8, 4) is 5.75 Å². The van der Waals surface area contributed by atoms with Gasteiger partial charge in [0.05, 0.1) is 24.4 Å². The Bertz CT molecular complexity index is 789. The summed E-state index contributed by atoms with van der Waals surface area (Å²) >= 11 is 0. The molecule has 1 saturated heterocycles. The maximum absolute atomic E-state index is 6.23. The fourth-order valence-corrected chi connectivity index (χ4v) is 4.84. The summed E-state index contributed by atoms with van der Waals surface area (Å²) in [6.45, 7) is 10.2. The molecule has 0 radical (unpaired) electrons. The largest absolute Gasteiger partial charge is 0.489 e. The molecule has 0 amide bonds. The van der Waals surface area contributed by atoms with Crippen molar-refractivity contribution >= 4 is 5.69 Å². The van der Waals surface area contributed by atoms with Crippen LogP contribution in [0.15, 0.2) is 54.6 Å². The van der Waals surface area contributed by atoms with Crippen molar-refractivity contribution in [2.45, 2.75) is 51.6 Å². The molecule has 0 saturated carbocycles. The van der Waals surface area contributed by atoms with E-state index in [4.69, 9.17) is 9.47 Å². The molecule has 4 nitrogen and oxygen atoms in total. The predicted octanol–water partition coefficient (Wildman–Crippen LogP) is 5.54. The molecule has 0 spiro atoms. The number of rotatable bonds is 10. The lowest BCUT2D eigenvalue weighted by Gasteiger charge is -2.42. The summed E-state index contributed by atoms with van der Waals surface area (Å²) in [5, 5.41) is 0. The smallest absolute Gasteiger partial charge is 0.142 e. The van der Waals surface area contributed by atoms with E-state index in [-0.39, 0.29) is 6.04 Å². The van der Waals surface area contributed by atoms with Gasteiger partial charge < -0.3 is 14.4 Å². The summed E-state index contributed by atoms with van der Waals surface area (Å²) < 4.78 is 12.4. The molecule has 31 heavy (non-hydrogen) atoms. The molecule has 2 aliphatic rings. The highest BCUT2D eigenvalue weighted by Gasteiger charge is 2.33. The Labute approximate surface area is 188 Å². The second kappa shape index (κ2) is 11.0. The molecule has 2 aliphatic heterocycles. The van der Waals surface area contributed by atoms with Crippen LogP contribution < -0.4 is 9.64 Å². The highest BCUT2D eigenvalue weighted by Crippen LogP contribution is 2.39. The van der Waals surface area contributed by atoms with Crippen LogP contribution in [0.1, 0.15) is 51.1 Å². The molecule has 2 heterocycles. The van der Waals surface area contributed by atoms with Crippen LogP contribution in [0.25, 0.3) is 0 Å². The van der Waals surface area contributed by atoms with Gasteiger partial charge in [0.2, 0.25) is 0 Å². The maximum atomic E-state index is 6.23. The molecule has 2 aromatic carbocycles. The van der Waals surface area contributed by atoms with Gasteiger partial charge in [-0.2, -0.15) is 0 Å². The fraction of sp³-hybridized carbons (Fsp3) is 0.556. The van der Waals surface area contributed by atoms with Crippen LogP contribution in [0, 0.1) is 5.92 Å². The van der Waals surface area contributed by atoms with Gasteiger partial charge in [-0.1, -0.05) is 56.3 Å². The van der Waals surface area contributed by atoms with Gasteiger partial charge in [0, 0.05) is 13.2 Å². The van der Waals surface area contributed by atoms with Crippen molar-refractivity contribution in [2.24, 2.45) is 5.92 Å². The van der Waals surface area contributed by atoms with Gasteiger partial charge in [0.1, 0.15) is 12.4 Å². The lowest BCUT2D eigenvalue weighted by molar-refractivity contribution is 0.0663. The van der Waals surface area contributed by atoms with Gasteiger partial charge in [-0.25, -0.2) is 0 Å². The first-order valence-corrected chi connectivity index (χ1v) is 12.1. The first-order valence-electron chi connectivity index (χ1n) is 12.1. The van der Waals surface area contributed by atoms with E-state index in [2.05, 4.69) is 78.2 Å². The molecule has 1 fully saturated rings. The van der Waals surface area contributed by atoms with Crippen LogP contribution in [-0.4, -0.2) is 50.4 Å². The van der Waals surface area contributed by atoms with E-state index < -0.39 is 0 Å². The third-order valence-electron chi connectivity index (χ3n) is 6.58. The van der Waals surface area contributed by atoms with Crippen molar-refractivity contribution in [3.63, 3.8) is 0 Å². The number of anilines is 1. The number of fused-ring (bicyclic) bond motifs is 1. The van der Waals surface area contributed by atoms with Crippen molar-refractivity contribution < 1.29 is 9.47 Å². The number of likely N-dealkylation sites (tertiary alicyclic amines) is 1. The van der Waals surface area contributed by atoms with Crippen molar-refractivity contribution in [3.05, 3.63) is 60.2 Å². The summed E-state index contributed by atoms with van der Waals surface area (Å²) in [5.74, 6) is 1.74. The topological polar surface area (TPSA) is 24.9 Å². The summed E-state index contributed by atoms with van der Waals surface area (Å²) in [6.07, 6.45) is 4.98. The normalized spacial score (nSPS) is 20.0. The highest BCUT2D eigenvalue weighted by molar-refractivity contribution is 5.61. The predicted molar refractivity (Wildman–Crippen MR) is 128 cm³/mol. The number of hydrogen-bond acceptors (Lipinski definition) is 4. The van der Waals surface area contributed by atoms with E-state index in [0.29, 0.717) is 12.6 Å². The van der Waals surface area contributed by atoms with Gasteiger partial charge >= 0.3 is 0 Å². The number of nitrogens with zero attached hydrogens (tertiary/aromatic N) is 2. The van der Waals surface area contributed by atoms with Gasteiger partial charge in [-0.3, -0.25) is 4.90 Å². The lowest BCUT2D eigenvalue weighted by Crippen LogP contribution is -2.48. The summed E-state index contributed by atoms with van der Waals surface area (Å²) in [6, 6.07) is 19.9. The molecule has 2 aromatic rings. The van der Waals surface area contributed by atoms with Crippen LogP contribution in [0.5, 0.6) is 5.75 Å².